The van der Waals surface area contributed by atoms with Gasteiger partial charge in [0.25, 0.3) is 5.78 Å². The second-order valence-corrected chi connectivity index (χ2v) is 7.66. The molecule has 8 heteroatoms. The molecule has 1 unspecified atom stereocenters. The monoisotopic (exact) mass is 360 g/mol. The molecule has 1 aliphatic rings. The minimum Gasteiger partial charge on any atom is -0.444 e. The van der Waals surface area contributed by atoms with Gasteiger partial charge in [-0.3, -0.25) is 0 Å². The molecule has 1 aliphatic heterocycles. The van der Waals surface area contributed by atoms with Crippen LogP contribution in [0.5, 0.6) is 0 Å². The molecule has 0 bridgehead atoms. The van der Waals surface area contributed by atoms with Gasteiger partial charge in [0.1, 0.15) is 17.7 Å². The molecule has 26 heavy (non-hydrogen) atoms. The number of carbonyl (C=O) groups excluding carboxylic acids is 1. The first-order chi connectivity index (χ1) is 12.4. The van der Waals surface area contributed by atoms with Crippen molar-refractivity contribution in [1.29, 1.82) is 0 Å². The van der Waals surface area contributed by atoms with Crippen LogP contribution < -0.4 is 10.2 Å². The molecule has 142 valence electrons. The van der Waals surface area contributed by atoms with E-state index < -0.39 is 5.60 Å². The number of hydrogen-bond acceptors (Lipinski definition) is 6. The van der Waals surface area contributed by atoms with Crippen LogP contribution in [-0.2, 0) is 11.2 Å². The third kappa shape index (κ3) is 4.23. The minimum atomic E-state index is -0.496. The van der Waals surface area contributed by atoms with Crippen LogP contribution in [0, 0.1) is 0 Å². The number of alkyl carbamates (subject to hydrolysis) is 1. The quantitative estimate of drug-likeness (QED) is 0.902. The first-order valence-corrected chi connectivity index (χ1v) is 9.30. The molecule has 3 heterocycles. The van der Waals surface area contributed by atoms with E-state index in [0.29, 0.717) is 12.3 Å². The Balaban J connectivity index is 1.79. The van der Waals surface area contributed by atoms with E-state index in [2.05, 4.69) is 38.3 Å². The van der Waals surface area contributed by atoms with E-state index in [0.717, 1.165) is 43.7 Å². The number of anilines is 1. The Kier molecular flexibility index (Phi) is 5.29. The van der Waals surface area contributed by atoms with E-state index in [4.69, 9.17) is 4.74 Å². The predicted molar refractivity (Wildman–Crippen MR) is 99.4 cm³/mol. The predicted octanol–water partition coefficient (Wildman–Crippen LogP) is 2.57. The molecule has 0 aliphatic carbocycles. The topological polar surface area (TPSA) is 84.7 Å². The number of piperidine rings is 1. The van der Waals surface area contributed by atoms with Crippen LogP contribution in [-0.4, -0.2) is 50.4 Å². The van der Waals surface area contributed by atoms with Crippen molar-refractivity contribution in [3.63, 3.8) is 0 Å². The highest BCUT2D eigenvalue weighted by Crippen LogP contribution is 2.25. The van der Waals surface area contributed by atoms with Crippen LogP contribution in [0.25, 0.3) is 5.78 Å². The van der Waals surface area contributed by atoms with Crippen molar-refractivity contribution in [3.05, 3.63) is 18.1 Å². The number of aryl methyl sites for hydroxylation is 1. The molecule has 0 saturated carbocycles. The Morgan fingerprint density at radius 3 is 2.92 bits per heavy atom. The Bertz CT molecular complexity index is 767. The summed E-state index contributed by atoms with van der Waals surface area (Å²) in [7, 11) is 0. The summed E-state index contributed by atoms with van der Waals surface area (Å²) in [5, 5.41) is 7.25. The summed E-state index contributed by atoms with van der Waals surface area (Å²) < 4.78 is 7.14. The molecule has 1 N–H and O–H groups in total. The Hall–Kier alpha value is -2.38. The molecule has 3 rings (SSSR count). The molecule has 2 aromatic heterocycles. The number of aromatic nitrogens is 4. The maximum Gasteiger partial charge on any atom is 0.407 e. The molecular weight excluding hydrogens is 332 g/mol. The Morgan fingerprint density at radius 1 is 1.38 bits per heavy atom. The van der Waals surface area contributed by atoms with Gasteiger partial charge in [-0.05, 0) is 46.5 Å². The number of nitrogens with zero attached hydrogens (tertiary/aromatic N) is 5. The van der Waals surface area contributed by atoms with E-state index in [1.165, 1.54) is 6.33 Å². The Morgan fingerprint density at radius 2 is 2.19 bits per heavy atom. The molecule has 1 amide bonds. The lowest BCUT2D eigenvalue weighted by molar-refractivity contribution is 0.0523. The summed E-state index contributed by atoms with van der Waals surface area (Å²) in [4.78, 5) is 23.1. The van der Waals surface area contributed by atoms with Crippen molar-refractivity contribution >= 4 is 17.7 Å². The van der Waals surface area contributed by atoms with Crippen LogP contribution >= 0.6 is 0 Å². The van der Waals surface area contributed by atoms with Gasteiger partial charge in [-0.25, -0.2) is 9.78 Å². The normalized spacial score (nSPS) is 18.2. The zero-order chi connectivity index (χ0) is 18.7. The smallest absolute Gasteiger partial charge is 0.407 e. The molecule has 0 aromatic carbocycles. The second kappa shape index (κ2) is 7.47. The molecule has 1 fully saturated rings. The standard InChI is InChI=1S/C18H28N6O2/c1-5-13-10-15(24-16(22-13)20-12-21-24)23-9-7-6-8-14(23)11-19-17(25)26-18(2,3)4/h10,12,14H,5-9,11H2,1-4H3,(H,19,25). The molecule has 1 saturated heterocycles. The van der Waals surface area contributed by atoms with Crippen molar-refractivity contribution in [2.45, 2.75) is 65.0 Å². The zero-order valence-electron chi connectivity index (χ0n) is 16.0. The summed E-state index contributed by atoms with van der Waals surface area (Å²) in [6.07, 6.45) is 5.26. The molecule has 2 aromatic rings. The van der Waals surface area contributed by atoms with Gasteiger partial charge in [0.15, 0.2) is 0 Å². The summed E-state index contributed by atoms with van der Waals surface area (Å²) in [5.41, 5.74) is 0.495. The lowest BCUT2D eigenvalue weighted by atomic mass is 10.0. The van der Waals surface area contributed by atoms with Gasteiger partial charge in [-0.2, -0.15) is 14.6 Å². The fourth-order valence-electron chi connectivity index (χ4n) is 3.26. The van der Waals surface area contributed by atoms with Gasteiger partial charge in [-0.15, -0.1) is 0 Å². The number of nitrogens with one attached hydrogen (secondary N) is 1. The average molecular weight is 360 g/mol. The van der Waals surface area contributed by atoms with E-state index in [1.54, 1.807) is 4.52 Å². The summed E-state index contributed by atoms with van der Waals surface area (Å²) >= 11 is 0. The summed E-state index contributed by atoms with van der Waals surface area (Å²) in [6, 6.07) is 2.27. The molecule has 0 radical (unpaired) electrons. The van der Waals surface area contributed by atoms with Crippen LogP contribution in [0.15, 0.2) is 12.4 Å². The molecule has 1 atom stereocenters. The lowest BCUT2D eigenvalue weighted by Gasteiger charge is -2.37. The van der Waals surface area contributed by atoms with Crippen LogP contribution in [0.4, 0.5) is 10.6 Å². The van der Waals surface area contributed by atoms with Gasteiger partial charge in [0.05, 0.1) is 0 Å². The van der Waals surface area contributed by atoms with E-state index in [1.807, 2.05) is 20.8 Å². The second-order valence-electron chi connectivity index (χ2n) is 7.66. The van der Waals surface area contributed by atoms with Crippen molar-refractivity contribution in [3.8, 4) is 0 Å². The third-order valence-corrected chi connectivity index (χ3v) is 4.45. The van der Waals surface area contributed by atoms with Gasteiger partial charge in [0, 0.05) is 30.9 Å². The highest BCUT2D eigenvalue weighted by molar-refractivity contribution is 5.67. The maximum absolute atomic E-state index is 12.0. The summed E-state index contributed by atoms with van der Waals surface area (Å²) in [5.74, 6) is 1.60. The lowest BCUT2D eigenvalue weighted by Crippen LogP contribution is -2.48. The maximum atomic E-state index is 12.0. The minimum absolute atomic E-state index is 0.191. The first kappa shape index (κ1) is 18.4. The number of amides is 1. The fourth-order valence-corrected chi connectivity index (χ4v) is 3.26. The van der Waals surface area contributed by atoms with Crippen LogP contribution in [0.2, 0.25) is 0 Å². The molecule has 0 spiro atoms. The molecule has 8 nitrogen and oxygen atoms in total. The molecular formula is C18H28N6O2. The fraction of sp³-hybridized carbons (Fsp3) is 0.667. The zero-order valence-corrected chi connectivity index (χ0v) is 16.0. The van der Waals surface area contributed by atoms with Crippen molar-refractivity contribution in [1.82, 2.24) is 24.9 Å². The number of ether oxygens (including phenoxy) is 1. The number of fused-ring (bicyclic) bond motifs is 1. The highest BCUT2D eigenvalue weighted by Gasteiger charge is 2.27. The summed E-state index contributed by atoms with van der Waals surface area (Å²) in [6.45, 7) is 9.13. The SMILES string of the molecule is CCc1cc(N2CCCCC2CNC(=O)OC(C)(C)C)n2ncnc2n1. The van der Waals surface area contributed by atoms with Crippen molar-refractivity contribution in [2.75, 3.05) is 18.0 Å². The van der Waals surface area contributed by atoms with E-state index in [9.17, 15) is 4.79 Å². The van der Waals surface area contributed by atoms with Gasteiger partial charge >= 0.3 is 6.09 Å². The van der Waals surface area contributed by atoms with E-state index >= 15 is 0 Å². The van der Waals surface area contributed by atoms with Crippen molar-refractivity contribution < 1.29 is 9.53 Å². The largest absolute Gasteiger partial charge is 0.444 e. The number of hydrogen-bond donors (Lipinski definition) is 1. The van der Waals surface area contributed by atoms with Crippen molar-refractivity contribution in [2.24, 2.45) is 0 Å². The number of carbonyl (C=O) groups is 1. The van der Waals surface area contributed by atoms with Crippen LogP contribution in [0.3, 0.4) is 0 Å². The van der Waals surface area contributed by atoms with Gasteiger partial charge < -0.3 is 15.0 Å². The average Bonchev–Trinajstić information content (AvgIpc) is 3.06. The highest BCUT2D eigenvalue weighted by atomic mass is 16.6. The third-order valence-electron chi connectivity index (χ3n) is 4.45. The van der Waals surface area contributed by atoms with Crippen LogP contribution in [0.1, 0.15) is 52.7 Å². The van der Waals surface area contributed by atoms with E-state index in [-0.39, 0.29) is 12.1 Å². The van der Waals surface area contributed by atoms with Gasteiger partial charge in [0.2, 0.25) is 0 Å². The Labute approximate surface area is 154 Å². The van der Waals surface area contributed by atoms with Gasteiger partial charge in [-0.1, -0.05) is 6.92 Å². The number of rotatable bonds is 4. The first-order valence-electron chi connectivity index (χ1n) is 9.30.